The van der Waals surface area contributed by atoms with Crippen LogP contribution in [-0.4, -0.2) is 45.3 Å². The predicted octanol–water partition coefficient (Wildman–Crippen LogP) is 2.90. The fourth-order valence-electron chi connectivity index (χ4n) is 3.07. The topological polar surface area (TPSA) is 78.8 Å². The van der Waals surface area contributed by atoms with Crippen molar-refractivity contribution in [3.63, 3.8) is 0 Å². The molecule has 0 radical (unpaired) electrons. The van der Waals surface area contributed by atoms with Gasteiger partial charge >= 0.3 is 0 Å². The van der Waals surface area contributed by atoms with Crippen LogP contribution in [0.3, 0.4) is 0 Å². The monoisotopic (exact) mass is 368 g/mol. The molecule has 1 atom stereocenters. The van der Waals surface area contributed by atoms with E-state index in [9.17, 15) is 4.79 Å². The molecule has 3 aromatic rings. The number of benzene rings is 1. The van der Waals surface area contributed by atoms with E-state index in [1.807, 2.05) is 34.9 Å². The molecule has 7 heteroatoms. The van der Waals surface area contributed by atoms with Crippen LogP contribution in [0, 0.1) is 6.92 Å². The first kappa shape index (κ1) is 19.1. The number of aromatic amines is 1. The van der Waals surface area contributed by atoms with E-state index in [1.54, 1.807) is 10.9 Å². The second kappa shape index (κ2) is 7.15. The van der Waals surface area contributed by atoms with Crippen LogP contribution in [0.5, 0.6) is 0 Å². The molecule has 2 aromatic heterocycles. The van der Waals surface area contributed by atoms with E-state index < -0.39 is 0 Å². The average molecular weight is 368 g/mol. The van der Waals surface area contributed by atoms with Crippen LogP contribution in [0.4, 0.5) is 5.95 Å². The maximum atomic E-state index is 12.4. The smallest absolute Gasteiger partial charge is 0.263 e. The van der Waals surface area contributed by atoms with Crippen molar-refractivity contribution < 1.29 is 0 Å². The Morgan fingerprint density at radius 2 is 1.89 bits per heavy atom. The molecule has 0 amide bonds. The van der Waals surface area contributed by atoms with E-state index in [2.05, 4.69) is 56.5 Å². The largest absolute Gasteiger partial charge is 0.354 e. The fraction of sp³-hybridized carbons (Fsp3) is 0.450. The number of nitrogens with one attached hydrogen (secondary N) is 2. The van der Waals surface area contributed by atoms with E-state index in [1.165, 1.54) is 11.1 Å². The van der Waals surface area contributed by atoms with Gasteiger partial charge in [-0.1, -0.05) is 29.8 Å². The van der Waals surface area contributed by atoms with Gasteiger partial charge in [-0.15, -0.1) is 0 Å². The molecule has 0 aliphatic heterocycles. The van der Waals surface area contributed by atoms with Crippen molar-refractivity contribution in [2.45, 2.75) is 39.3 Å². The van der Waals surface area contributed by atoms with Crippen molar-refractivity contribution in [2.75, 3.05) is 26.0 Å². The first-order chi connectivity index (χ1) is 12.7. The Balaban J connectivity index is 1.89. The van der Waals surface area contributed by atoms with Crippen molar-refractivity contribution in [1.29, 1.82) is 0 Å². The van der Waals surface area contributed by atoms with Gasteiger partial charge in [-0.25, -0.2) is 4.68 Å². The third-order valence-corrected chi connectivity index (χ3v) is 4.62. The van der Waals surface area contributed by atoms with E-state index >= 15 is 0 Å². The van der Waals surface area contributed by atoms with Crippen LogP contribution in [0.15, 0.2) is 35.3 Å². The van der Waals surface area contributed by atoms with Gasteiger partial charge in [0.05, 0.1) is 17.8 Å². The lowest BCUT2D eigenvalue weighted by molar-refractivity contribution is 0.311. The molecular weight excluding hydrogens is 340 g/mol. The van der Waals surface area contributed by atoms with Crippen LogP contribution in [0.25, 0.3) is 11.0 Å². The molecule has 0 saturated carbocycles. The second-order valence-corrected chi connectivity index (χ2v) is 8.15. The third kappa shape index (κ3) is 4.03. The number of anilines is 1. The molecule has 7 nitrogen and oxygen atoms in total. The zero-order chi connectivity index (χ0) is 19.8. The van der Waals surface area contributed by atoms with Crippen LogP contribution in [0.2, 0.25) is 0 Å². The Bertz CT molecular complexity index is 978. The lowest BCUT2D eigenvalue weighted by atomic mass is 10.0. The van der Waals surface area contributed by atoms with Crippen molar-refractivity contribution in [1.82, 2.24) is 24.6 Å². The average Bonchev–Trinajstić information content (AvgIpc) is 3.01. The minimum absolute atomic E-state index is 0.152. The number of rotatable bonds is 5. The highest BCUT2D eigenvalue weighted by Gasteiger charge is 2.20. The zero-order valence-electron chi connectivity index (χ0n) is 16.9. The summed E-state index contributed by atoms with van der Waals surface area (Å²) in [6.07, 6.45) is 1.57. The standard InChI is InChI=1S/C20H28N6O/c1-13-7-9-14(10-8-13)16(25(5)6)12-21-19-23-17-15(18(27)24-19)11-22-26(17)20(2,3)4/h7-11,16H,12H2,1-6H3,(H2,21,23,24,27). The molecule has 1 unspecified atom stereocenters. The molecule has 0 fully saturated rings. The molecule has 0 bridgehead atoms. The highest BCUT2D eigenvalue weighted by molar-refractivity contribution is 5.74. The van der Waals surface area contributed by atoms with Gasteiger partial charge in [0.15, 0.2) is 5.65 Å². The number of nitrogens with zero attached hydrogens (tertiary/aromatic N) is 4. The first-order valence-corrected chi connectivity index (χ1v) is 9.12. The summed E-state index contributed by atoms with van der Waals surface area (Å²) >= 11 is 0. The van der Waals surface area contributed by atoms with Gasteiger partial charge in [0.1, 0.15) is 5.39 Å². The van der Waals surface area contributed by atoms with Gasteiger partial charge in [0.2, 0.25) is 5.95 Å². The number of aromatic nitrogens is 4. The van der Waals surface area contributed by atoms with E-state index in [0.717, 1.165) is 0 Å². The quantitative estimate of drug-likeness (QED) is 0.724. The van der Waals surface area contributed by atoms with Crippen molar-refractivity contribution in [3.8, 4) is 0 Å². The van der Waals surface area contributed by atoms with Crippen LogP contribution in [-0.2, 0) is 5.54 Å². The van der Waals surface area contributed by atoms with E-state index in [-0.39, 0.29) is 17.1 Å². The Kier molecular flexibility index (Phi) is 5.06. The summed E-state index contributed by atoms with van der Waals surface area (Å²) in [5, 5.41) is 8.14. The molecule has 3 rings (SSSR count). The zero-order valence-corrected chi connectivity index (χ0v) is 16.9. The fourth-order valence-corrected chi connectivity index (χ4v) is 3.07. The van der Waals surface area contributed by atoms with Crippen molar-refractivity contribution in [2.24, 2.45) is 0 Å². The predicted molar refractivity (Wildman–Crippen MR) is 109 cm³/mol. The molecule has 0 aliphatic rings. The SMILES string of the molecule is Cc1ccc(C(CNc2nc3c(cnn3C(C)(C)C)c(=O)[nH]2)N(C)C)cc1. The summed E-state index contributed by atoms with van der Waals surface area (Å²) in [6, 6.07) is 8.64. The molecule has 2 N–H and O–H groups in total. The number of aryl methyl sites for hydroxylation is 1. The Morgan fingerprint density at radius 3 is 2.48 bits per heavy atom. The highest BCUT2D eigenvalue weighted by atomic mass is 16.1. The van der Waals surface area contributed by atoms with Crippen LogP contribution in [0.1, 0.15) is 37.9 Å². The first-order valence-electron chi connectivity index (χ1n) is 9.12. The number of hydrogen-bond acceptors (Lipinski definition) is 5. The summed E-state index contributed by atoms with van der Waals surface area (Å²) in [5.74, 6) is 0.456. The van der Waals surface area contributed by atoms with Crippen molar-refractivity contribution >= 4 is 17.0 Å². The Hall–Kier alpha value is -2.67. The molecular formula is C20H28N6O. The minimum atomic E-state index is -0.256. The normalized spacial score (nSPS) is 13.3. The van der Waals surface area contributed by atoms with Crippen LogP contribution < -0.4 is 10.9 Å². The number of hydrogen-bond donors (Lipinski definition) is 2. The number of fused-ring (bicyclic) bond motifs is 1. The Morgan fingerprint density at radius 1 is 1.22 bits per heavy atom. The minimum Gasteiger partial charge on any atom is -0.354 e. The van der Waals surface area contributed by atoms with Gasteiger partial charge in [0.25, 0.3) is 5.56 Å². The number of H-pyrrole nitrogens is 1. The maximum absolute atomic E-state index is 12.4. The lowest BCUT2D eigenvalue weighted by Gasteiger charge is -2.25. The summed E-state index contributed by atoms with van der Waals surface area (Å²) in [5.41, 5.74) is 2.59. The maximum Gasteiger partial charge on any atom is 0.263 e. The third-order valence-electron chi connectivity index (χ3n) is 4.62. The summed E-state index contributed by atoms with van der Waals surface area (Å²) < 4.78 is 1.78. The van der Waals surface area contributed by atoms with E-state index in [4.69, 9.17) is 0 Å². The highest BCUT2D eigenvalue weighted by Crippen LogP contribution is 2.21. The molecule has 0 saturated heterocycles. The number of likely N-dealkylation sites (N-methyl/N-ethyl adjacent to an activating group) is 1. The summed E-state index contributed by atoms with van der Waals surface area (Å²) in [4.78, 5) is 22.0. The second-order valence-electron chi connectivity index (χ2n) is 8.15. The summed E-state index contributed by atoms with van der Waals surface area (Å²) in [6.45, 7) is 8.81. The molecule has 1 aromatic carbocycles. The van der Waals surface area contributed by atoms with E-state index in [0.29, 0.717) is 23.5 Å². The van der Waals surface area contributed by atoms with Gasteiger partial charge in [-0.2, -0.15) is 10.1 Å². The van der Waals surface area contributed by atoms with Crippen LogP contribution >= 0.6 is 0 Å². The Labute approximate surface area is 159 Å². The lowest BCUT2D eigenvalue weighted by Crippen LogP contribution is -2.28. The van der Waals surface area contributed by atoms with Gasteiger partial charge < -0.3 is 10.2 Å². The molecule has 2 heterocycles. The van der Waals surface area contributed by atoms with Gasteiger partial charge in [-0.05, 0) is 47.4 Å². The van der Waals surface area contributed by atoms with Gasteiger partial charge in [-0.3, -0.25) is 9.78 Å². The molecule has 27 heavy (non-hydrogen) atoms. The molecule has 0 aliphatic carbocycles. The molecule has 0 spiro atoms. The summed E-state index contributed by atoms with van der Waals surface area (Å²) in [7, 11) is 4.08. The van der Waals surface area contributed by atoms with Gasteiger partial charge in [0, 0.05) is 6.54 Å². The van der Waals surface area contributed by atoms with Crippen molar-refractivity contribution in [3.05, 3.63) is 51.9 Å². The molecule has 144 valence electrons.